The number of urea groups is 1. The van der Waals surface area contributed by atoms with E-state index in [9.17, 15) is 22.8 Å². The summed E-state index contributed by atoms with van der Waals surface area (Å²) in [7, 11) is -2.75. The molecule has 0 bridgehead atoms. The van der Waals surface area contributed by atoms with E-state index in [-0.39, 0.29) is 26.5 Å². The van der Waals surface area contributed by atoms with Gasteiger partial charge in [0.25, 0.3) is 15.9 Å². The number of anilines is 2. The van der Waals surface area contributed by atoms with Gasteiger partial charge in [-0.15, -0.1) is 11.3 Å². The van der Waals surface area contributed by atoms with E-state index in [1.807, 2.05) is 4.72 Å². The van der Waals surface area contributed by atoms with Crippen LogP contribution in [0, 0.1) is 0 Å². The van der Waals surface area contributed by atoms with Gasteiger partial charge >= 0.3 is 6.03 Å². The molecule has 0 radical (unpaired) electrons. The lowest BCUT2D eigenvalue weighted by Crippen LogP contribution is -2.43. The normalized spacial score (nSPS) is 13.5. The molecule has 0 unspecified atom stereocenters. The number of aromatic nitrogens is 1. The Morgan fingerprint density at radius 1 is 1.20 bits per heavy atom. The van der Waals surface area contributed by atoms with Gasteiger partial charge in [0.1, 0.15) is 10.0 Å². The van der Waals surface area contributed by atoms with Crippen molar-refractivity contribution in [1.29, 1.82) is 0 Å². The molecule has 182 valence electrons. The Labute approximate surface area is 212 Å². The Balaban J connectivity index is 1.47. The minimum absolute atomic E-state index is 0.00810. The molecule has 1 aromatic carbocycles. The summed E-state index contributed by atoms with van der Waals surface area (Å²) < 4.78 is 31.3. The van der Waals surface area contributed by atoms with Crippen LogP contribution < -0.4 is 14.9 Å². The molecule has 0 saturated carbocycles. The quantitative estimate of drug-likeness (QED) is 0.193. The number of hydrogen-bond donors (Lipinski definition) is 2. The molecule has 1 aliphatic rings. The monoisotopic (exact) mass is 554 g/mol. The molecular formula is C20H15ClN4O7S3. The van der Waals surface area contributed by atoms with Gasteiger partial charge in [-0.25, -0.2) is 32.7 Å². The molecular weight excluding hydrogens is 540 g/mol. The van der Waals surface area contributed by atoms with Crippen molar-refractivity contribution >= 4 is 74.4 Å². The number of nitrogens with zero attached hydrogens (tertiary/aromatic N) is 2. The van der Waals surface area contributed by atoms with E-state index < -0.39 is 27.9 Å². The van der Waals surface area contributed by atoms with Crippen molar-refractivity contribution in [3.63, 3.8) is 0 Å². The Kier molecular flexibility index (Phi) is 7.39. The molecule has 4 rings (SSSR count). The van der Waals surface area contributed by atoms with Crippen molar-refractivity contribution in [1.82, 2.24) is 9.71 Å². The highest BCUT2D eigenvalue weighted by Gasteiger charge is 2.33. The minimum atomic E-state index is -4.10. The second-order valence-electron chi connectivity index (χ2n) is 6.87. The van der Waals surface area contributed by atoms with Gasteiger partial charge in [-0.1, -0.05) is 17.7 Å². The summed E-state index contributed by atoms with van der Waals surface area (Å²) in [6.45, 7) is 0. The summed E-state index contributed by atoms with van der Waals surface area (Å²) in [5, 5.41) is 2.33. The van der Waals surface area contributed by atoms with Crippen LogP contribution in [0.5, 0.6) is 0 Å². The Morgan fingerprint density at radius 2 is 2.00 bits per heavy atom. The van der Waals surface area contributed by atoms with Crippen LogP contribution in [0.25, 0.3) is 0 Å². The van der Waals surface area contributed by atoms with Gasteiger partial charge in [-0.2, -0.15) is 4.33 Å². The van der Waals surface area contributed by atoms with Gasteiger partial charge in [0, 0.05) is 10.5 Å². The van der Waals surface area contributed by atoms with Crippen LogP contribution in [0.3, 0.4) is 0 Å². The molecule has 3 aromatic rings. The molecule has 35 heavy (non-hydrogen) atoms. The number of imide groups is 1. The molecule has 3 heterocycles. The van der Waals surface area contributed by atoms with E-state index in [0.717, 1.165) is 28.3 Å². The zero-order valence-electron chi connectivity index (χ0n) is 17.7. The van der Waals surface area contributed by atoms with Crippen LogP contribution in [0.15, 0.2) is 57.8 Å². The van der Waals surface area contributed by atoms with Crippen molar-refractivity contribution in [3.05, 3.63) is 64.1 Å². The SMILES string of the molecule is COOSc1ccc2c(c1)C(=O)N(c1ccc(NC(=O)NS(=O)(=O)c3ccc(Cl)s3)cn1)C(=O)C2. The van der Waals surface area contributed by atoms with Gasteiger partial charge < -0.3 is 5.32 Å². The fourth-order valence-electron chi connectivity index (χ4n) is 3.10. The fourth-order valence-corrected chi connectivity index (χ4v) is 5.93. The summed E-state index contributed by atoms with van der Waals surface area (Å²) in [5.74, 6) is -0.992. The van der Waals surface area contributed by atoms with E-state index in [2.05, 4.69) is 15.2 Å². The number of pyridine rings is 1. The lowest BCUT2D eigenvalue weighted by atomic mass is 9.98. The predicted octanol–water partition coefficient (Wildman–Crippen LogP) is 3.62. The predicted molar refractivity (Wildman–Crippen MR) is 129 cm³/mol. The molecule has 4 amide bonds. The van der Waals surface area contributed by atoms with E-state index in [1.165, 1.54) is 37.6 Å². The Hall–Kier alpha value is -3.01. The molecule has 2 N–H and O–H groups in total. The van der Waals surface area contributed by atoms with Gasteiger partial charge in [0.05, 0.1) is 41.8 Å². The van der Waals surface area contributed by atoms with Crippen LogP contribution >= 0.6 is 35.0 Å². The molecule has 0 atom stereocenters. The van der Waals surface area contributed by atoms with Crippen LogP contribution in [0.1, 0.15) is 15.9 Å². The summed E-state index contributed by atoms with van der Waals surface area (Å²) >= 11 is 7.46. The second kappa shape index (κ2) is 10.3. The smallest absolute Gasteiger partial charge is 0.306 e. The number of benzene rings is 1. The number of thiophene rings is 1. The molecule has 2 aromatic heterocycles. The van der Waals surface area contributed by atoms with E-state index in [0.29, 0.717) is 16.0 Å². The van der Waals surface area contributed by atoms with Crippen LogP contribution in [0.4, 0.5) is 16.3 Å². The van der Waals surface area contributed by atoms with E-state index in [4.69, 9.17) is 15.9 Å². The van der Waals surface area contributed by atoms with E-state index >= 15 is 0 Å². The summed E-state index contributed by atoms with van der Waals surface area (Å²) in [6.07, 6.45) is 1.18. The fraction of sp³-hybridized carbons (Fsp3) is 0.100. The van der Waals surface area contributed by atoms with Crippen molar-refractivity contribution in [3.8, 4) is 0 Å². The number of sulfonamides is 1. The molecule has 15 heteroatoms. The maximum atomic E-state index is 13.0. The molecule has 0 saturated heterocycles. The standard InChI is InChI=1S/C20H15ClN4O7S3/c1-31-32-34-13-4-2-11-8-17(26)25(19(27)14(11)9-13)16-6-3-12(10-22-16)23-20(28)24-35(29,30)18-7-5-15(21)33-18/h2-7,9-10H,8H2,1H3,(H2,23,24,28). The average molecular weight is 555 g/mol. The Bertz CT molecular complexity index is 1410. The van der Waals surface area contributed by atoms with Crippen LogP contribution in [0.2, 0.25) is 4.34 Å². The van der Waals surface area contributed by atoms with Crippen molar-refractivity contribution in [2.75, 3.05) is 17.3 Å². The maximum absolute atomic E-state index is 13.0. The molecule has 0 aliphatic carbocycles. The number of halogens is 1. The maximum Gasteiger partial charge on any atom is 0.333 e. The lowest BCUT2D eigenvalue weighted by molar-refractivity contribution is -0.160. The number of hydrogen-bond acceptors (Lipinski definition) is 10. The first-order valence-corrected chi connectivity index (χ1v) is 13.0. The number of carbonyl (C=O) groups excluding carboxylic acids is 3. The molecule has 0 spiro atoms. The first-order valence-electron chi connectivity index (χ1n) is 9.60. The number of fused-ring (bicyclic) bond motifs is 1. The minimum Gasteiger partial charge on any atom is -0.306 e. The van der Waals surface area contributed by atoms with Gasteiger partial charge in [-0.3, -0.25) is 9.59 Å². The zero-order valence-corrected chi connectivity index (χ0v) is 20.9. The lowest BCUT2D eigenvalue weighted by Gasteiger charge is -2.26. The summed E-state index contributed by atoms with van der Waals surface area (Å²) in [4.78, 5) is 48.0. The van der Waals surface area contributed by atoms with Crippen molar-refractivity contribution < 1.29 is 32.0 Å². The number of amides is 4. The highest BCUT2D eigenvalue weighted by Crippen LogP contribution is 2.29. The number of nitrogens with one attached hydrogen (secondary N) is 2. The highest BCUT2D eigenvalue weighted by atomic mass is 35.5. The highest BCUT2D eigenvalue weighted by molar-refractivity contribution is 7.94. The summed E-state index contributed by atoms with van der Waals surface area (Å²) in [6, 6.07) is 9.35. The van der Waals surface area contributed by atoms with Gasteiger partial charge in [0.2, 0.25) is 5.91 Å². The third kappa shape index (κ3) is 5.63. The molecule has 11 nitrogen and oxygen atoms in total. The largest absolute Gasteiger partial charge is 0.333 e. The first kappa shape index (κ1) is 25.1. The second-order valence-corrected chi connectivity index (χ2v) is 11.3. The summed E-state index contributed by atoms with van der Waals surface area (Å²) in [5.41, 5.74) is 1.02. The van der Waals surface area contributed by atoms with Crippen LogP contribution in [-0.4, -0.2) is 38.4 Å². The van der Waals surface area contributed by atoms with Gasteiger partial charge in [-0.05, 0) is 42.0 Å². The Morgan fingerprint density at radius 3 is 2.66 bits per heavy atom. The van der Waals surface area contributed by atoms with Crippen molar-refractivity contribution in [2.24, 2.45) is 0 Å². The van der Waals surface area contributed by atoms with Gasteiger partial charge in [0.15, 0.2) is 0 Å². The molecule has 0 fully saturated rings. The topological polar surface area (TPSA) is 144 Å². The van der Waals surface area contributed by atoms with Crippen molar-refractivity contribution in [2.45, 2.75) is 15.5 Å². The third-order valence-electron chi connectivity index (χ3n) is 4.58. The zero-order chi connectivity index (χ0) is 25.2. The van der Waals surface area contributed by atoms with Crippen LogP contribution in [-0.2, 0) is 30.5 Å². The average Bonchev–Trinajstić information content (AvgIpc) is 3.26. The van der Waals surface area contributed by atoms with E-state index in [1.54, 1.807) is 18.2 Å². The number of rotatable bonds is 7. The third-order valence-corrected chi connectivity index (χ3v) is 8.28. The number of carbonyl (C=O) groups is 3. The first-order chi connectivity index (χ1) is 16.7. The molecule has 1 aliphatic heterocycles.